The topological polar surface area (TPSA) is 122 Å². The third-order valence-corrected chi connectivity index (χ3v) is 6.02. The summed E-state index contributed by atoms with van der Waals surface area (Å²) in [4.78, 5) is 21.6. The van der Waals surface area contributed by atoms with E-state index in [1.54, 1.807) is 38.4 Å². The minimum absolute atomic E-state index is 0.0451. The largest absolute Gasteiger partial charge is 0.493 e. The van der Waals surface area contributed by atoms with E-state index in [1.165, 1.54) is 12.1 Å². The van der Waals surface area contributed by atoms with Crippen LogP contribution in [-0.4, -0.2) is 34.6 Å². The van der Waals surface area contributed by atoms with Crippen LogP contribution in [-0.2, 0) is 21.2 Å². The third-order valence-electron chi connectivity index (χ3n) is 4.23. The quantitative estimate of drug-likeness (QED) is 0.634. The summed E-state index contributed by atoms with van der Waals surface area (Å²) < 4.78 is 31.1. The molecule has 0 fully saturated rings. The van der Waals surface area contributed by atoms with Crippen LogP contribution in [0.1, 0.15) is 25.2 Å². The number of ether oxygens (including phenoxy) is 1. The maximum absolute atomic E-state index is 12.9. The fraction of sp³-hybridized carbons (Fsp3) is 0.250. The number of sulfone groups is 1. The number of aryl methyl sites for hydroxylation is 1. The molecule has 0 aliphatic rings. The number of benzene rings is 1. The van der Waals surface area contributed by atoms with Crippen LogP contribution < -0.4 is 5.56 Å². The lowest BCUT2D eigenvalue weighted by Gasteiger charge is -2.10. The second kappa shape index (κ2) is 8.14. The molecule has 0 radical (unpaired) electrons. The molecule has 9 heteroatoms. The average Bonchev–Trinajstić information content (AvgIpc) is 2.66. The van der Waals surface area contributed by atoms with Gasteiger partial charge in [0, 0.05) is 12.4 Å². The van der Waals surface area contributed by atoms with Crippen molar-refractivity contribution in [1.82, 2.24) is 15.0 Å². The smallest absolute Gasteiger partial charge is 0.296 e. The van der Waals surface area contributed by atoms with Gasteiger partial charge in [0.1, 0.15) is 12.4 Å². The summed E-state index contributed by atoms with van der Waals surface area (Å²) in [6.45, 7) is 5.45. The Kier molecular flexibility index (Phi) is 5.81. The molecule has 8 nitrogen and oxygen atoms in total. The van der Waals surface area contributed by atoms with Crippen LogP contribution in [0, 0.1) is 6.92 Å². The van der Waals surface area contributed by atoms with Crippen LogP contribution in [0.15, 0.2) is 57.3 Å². The third kappa shape index (κ3) is 4.36. The van der Waals surface area contributed by atoms with Crippen LogP contribution in [0.25, 0.3) is 11.1 Å². The Labute approximate surface area is 168 Å². The van der Waals surface area contributed by atoms with Crippen LogP contribution >= 0.6 is 0 Å². The van der Waals surface area contributed by atoms with Crippen molar-refractivity contribution in [3.05, 3.63) is 64.5 Å². The van der Waals surface area contributed by atoms with Gasteiger partial charge in [-0.05, 0) is 55.7 Å². The minimum Gasteiger partial charge on any atom is -0.493 e. The molecule has 0 amide bonds. The number of H-pyrrole nitrogens is 1. The zero-order valence-corrected chi connectivity index (χ0v) is 17.0. The zero-order valence-electron chi connectivity index (χ0n) is 16.2. The summed E-state index contributed by atoms with van der Waals surface area (Å²) in [6, 6.07) is 7.88. The molecular weight excluding hydrogens is 394 g/mol. The lowest BCUT2D eigenvalue weighted by molar-refractivity contribution is 0.0606. The minimum atomic E-state index is -4.27. The summed E-state index contributed by atoms with van der Waals surface area (Å²) in [6.07, 6.45) is 3.25. The predicted octanol–water partition coefficient (Wildman–Crippen LogP) is 2.60. The number of pyridine rings is 1. The van der Waals surface area contributed by atoms with Gasteiger partial charge in [0.05, 0.1) is 11.0 Å². The first-order valence-corrected chi connectivity index (χ1v) is 10.4. The molecule has 0 spiro atoms. The number of hydrogen-bond acceptors (Lipinski definition) is 7. The zero-order chi connectivity index (χ0) is 21.2. The number of aromatic hydroxyl groups is 1. The van der Waals surface area contributed by atoms with Crippen LogP contribution in [0.3, 0.4) is 0 Å². The Morgan fingerprint density at radius 1 is 1.17 bits per heavy atom. The first-order chi connectivity index (χ1) is 13.7. The number of aromatic amines is 1. The summed E-state index contributed by atoms with van der Waals surface area (Å²) in [5, 5.41) is 10.2. The number of nitrogens with one attached hydrogen (secondary N) is 1. The van der Waals surface area contributed by atoms with Gasteiger partial charge < -0.3 is 14.8 Å². The van der Waals surface area contributed by atoms with E-state index in [9.17, 15) is 18.3 Å². The Morgan fingerprint density at radius 3 is 2.45 bits per heavy atom. The molecule has 0 bridgehead atoms. The predicted molar refractivity (Wildman–Crippen MR) is 106 cm³/mol. The standard InChI is InChI=1S/C20H21N3O5S/c1-12(2)28-11-17-22-19(24)18(20(25)23-17)29(26,27)15-6-4-14(5-7-15)16-8-9-21-10-13(16)3/h4-10,12H,11H2,1-3H3,(H2,22,23,24,25). The average molecular weight is 415 g/mol. The van der Waals surface area contributed by atoms with E-state index in [2.05, 4.69) is 15.0 Å². The van der Waals surface area contributed by atoms with Crippen molar-refractivity contribution >= 4 is 9.84 Å². The molecular formula is C20H21N3O5S. The molecule has 0 atom stereocenters. The van der Waals surface area contributed by atoms with Gasteiger partial charge in [-0.25, -0.2) is 8.42 Å². The van der Waals surface area contributed by atoms with E-state index in [0.29, 0.717) is 0 Å². The molecule has 29 heavy (non-hydrogen) atoms. The number of hydrogen-bond donors (Lipinski definition) is 2. The summed E-state index contributed by atoms with van der Waals surface area (Å²) in [7, 11) is -4.27. The maximum Gasteiger partial charge on any atom is 0.296 e. The molecule has 152 valence electrons. The van der Waals surface area contributed by atoms with Crippen molar-refractivity contribution in [2.24, 2.45) is 0 Å². The van der Waals surface area contributed by atoms with Gasteiger partial charge in [0.2, 0.25) is 15.7 Å². The molecule has 0 aliphatic carbocycles. The van der Waals surface area contributed by atoms with E-state index in [0.717, 1.165) is 16.7 Å². The van der Waals surface area contributed by atoms with Crippen LogP contribution in [0.2, 0.25) is 0 Å². The summed E-state index contributed by atoms with van der Waals surface area (Å²) >= 11 is 0. The molecule has 2 N–H and O–H groups in total. The molecule has 2 heterocycles. The molecule has 2 aromatic heterocycles. The SMILES string of the molecule is Cc1cnccc1-c1ccc(S(=O)(=O)c2c(O)[nH]c(COC(C)C)nc2=O)cc1. The van der Waals surface area contributed by atoms with E-state index >= 15 is 0 Å². The lowest BCUT2D eigenvalue weighted by Crippen LogP contribution is -2.21. The summed E-state index contributed by atoms with van der Waals surface area (Å²) in [5.74, 6) is -0.718. The van der Waals surface area contributed by atoms with Crippen LogP contribution in [0.4, 0.5) is 0 Å². The van der Waals surface area contributed by atoms with Crippen molar-refractivity contribution in [2.45, 2.75) is 43.3 Å². The van der Waals surface area contributed by atoms with Gasteiger partial charge >= 0.3 is 0 Å². The monoisotopic (exact) mass is 415 g/mol. The second-order valence-electron chi connectivity index (χ2n) is 6.74. The van der Waals surface area contributed by atoms with Crippen molar-refractivity contribution in [2.75, 3.05) is 0 Å². The van der Waals surface area contributed by atoms with E-state index < -0.39 is 26.2 Å². The molecule has 0 saturated carbocycles. The second-order valence-corrected chi connectivity index (χ2v) is 8.63. The number of nitrogens with zero attached hydrogens (tertiary/aromatic N) is 2. The summed E-state index contributed by atoms with van der Waals surface area (Å²) in [5.41, 5.74) is 1.63. The lowest BCUT2D eigenvalue weighted by atomic mass is 10.0. The molecule has 3 aromatic rings. The van der Waals surface area contributed by atoms with Crippen molar-refractivity contribution < 1.29 is 18.3 Å². The fourth-order valence-corrected chi connectivity index (χ4v) is 4.09. The van der Waals surface area contributed by atoms with E-state index in [1.807, 2.05) is 13.0 Å². The van der Waals surface area contributed by atoms with Gasteiger partial charge in [-0.3, -0.25) is 9.78 Å². The van der Waals surface area contributed by atoms with Gasteiger partial charge in [-0.1, -0.05) is 12.1 Å². The van der Waals surface area contributed by atoms with Crippen LogP contribution in [0.5, 0.6) is 5.88 Å². The van der Waals surface area contributed by atoms with E-state index in [-0.39, 0.29) is 23.4 Å². The first-order valence-electron chi connectivity index (χ1n) is 8.90. The van der Waals surface area contributed by atoms with Gasteiger partial charge in [-0.2, -0.15) is 4.98 Å². The highest BCUT2D eigenvalue weighted by molar-refractivity contribution is 7.91. The molecule has 3 rings (SSSR count). The molecule has 0 saturated heterocycles. The number of rotatable bonds is 6. The maximum atomic E-state index is 12.9. The highest BCUT2D eigenvalue weighted by Gasteiger charge is 2.27. The number of aromatic nitrogens is 3. The van der Waals surface area contributed by atoms with E-state index in [4.69, 9.17) is 4.74 Å². The Morgan fingerprint density at radius 2 is 1.86 bits per heavy atom. The fourth-order valence-electron chi connectivity index (χ4n) is 2.78. The van der Waals surface area contributed by atoms with Crippen molar-refractivity contribution in [1.29, 1.82) is 0 Å². The van der Waals surface area contributed by atoms with Crippen molar-refractivity contribution in [3.8, 4) is 17.0 Å². The molecule has 0 unspecified atom stereocenters. The normalized spacial score (nSPS) is 11.7. The Hall–Kier alpha value is -3.04. The van der Waals surface area contributed by atoms with Crippen molar-refractivity contribution in [3.63, 3.8) is 0 Å². The molecule has 1 aromatic carbocycles. The highest BCUT2D eigenvalue weighted by Crippen LogP contribution is 2.28. The van der Waals surface area contributed by atoms with Gasteiger partial charge in [0.15, 0.2) is 4.90 Å². The Bertz CT molecular complexity index is 1190. The highest BCUT2D eigenvalue weighted by atomic mass is 32.2. The Balaban J connectivity index is 1.97. The molecule has 0 aliphatic heterocycles. The van der Waals surface area contributed by atoms with Gasteiger partial charge in [0.25, 0.3) is 5.56 Å². The van der Waals surface area contributed by atoms with Gasteiger partial charge in [-0.15, -0.1) is 0 Å². The first kappa shape index (κ1) is 20.7.